The average Bonchev–Trinajstić information content (AvgIpc) is 2.42. The predicted molar refractivity (Wildman–Crippen MR) is 59.4 cm³/mol. The Bertz CT molecular complexity index is 449. The van der Waals surface area contributed by atoms with Crippen LogP contribution in [0.25, 0.3) is 10.9 Å². The molecule has 5 heteroatoms. The zero-order valence-corrected chi connectivity index (χ0v) is 8.43. The van der Waals surface area contributed by atoms with Crippen LogP contribution in [-0.2, 0) is 0 Å². The standard InChI is InChI=1S/C9H7N.C2H2N4/c1-2-6-9-8(4-1)5-3-7-10-9;1-3-5-2-6-4-1/h1-7H;1-2H. The van der Waals surface area contributed by atoms with Gasteiger partial charge in [0, 0.05) is 11.6 Å². The quantitative estimate of drug-likeness (QED) is 0.563. The van der Waals surface area contributed by atoms with Crippen molar-refractivity contribution in [3.8, 4) is 0 Å². The second-order valence-corrected chi connectivity index (χ2v) is 2.89. The van der Waals surface area contributed by atoms with E-state index < -0.39 is 0 Å². The number of para-hydroxylation sites is 1. The van der Waals surface area contributed by atoms with Crippen LogP contribution in [0.3, 0.4) is 0 Å². The molecule has 0 atom stereocenters. The third-order valence-corrected chi connectivity index (χ3v) is 1.85. The van der Waals surface area contributed by atoms with Gasteiger partial charge in [0.1, 0.15) is 0 Å². The van der Waals surface area contributed by atoms with Crippen LogP contribution in [0.1, 0.15) is 0 Å². The molecule has 5 nitrogen and oxygen atoms in total. The monoisotopic (exact) mass is 211 g/mol. The van der Waals surface area contributed by atoms with Crippen molar-refractivity contribution in [3.63, 3.8) is 0 Å². The lowest BCUT2D eigenvalue weighted by molar-refractivity contribution is 0.853. The first-order chi connectivity index (χ1) is 7.97. The lowest BCUT2D eigenvalue weighted by atomic mass is 10.2. The highest BCUT2D eigenvalue weighted by Gasteiger charge is 1.86. The molecule has 2 heterocycles. The lowest BCUT2D eigenvalue weighted by Crippen LogP contribution is -1.81. The maximum Gasteiger partial charge on any atom is 0.160 e. The van der Waals surface area contributed by atoms with Gasteiger partial charge in [0.2, 0.25) is 0 Å². The minimum absolute atomic E-state index is 1.06. The lowest BCUT2D eigenvalue weighted by Gasteiger charge is -1.91. The van der Waals surface area contributed by atoms with Gasteiger partial charge in [0.15, 0.2) is 12.7 Å². The average molecular weight is 211 g/mol. The minimum atomic E-state index is 1.06. The molecule has 0 unspecified atom stereocenters. The number of pyridine rings is 1. The molecular formula is C11H9N5. The number of fused-ring (bicyclic) bond motifs is 1. The molecule has 16 heavy (non-hydrogen) atoms. The van der Waals surface area contributed by atoms with Crippen LogP contribution >= 0.6 is 0 Å². The van der Waals surface area contributed by atoms with Crippen molar-refractivity contribution in [2.45, 2.75) is 0 Å². The maximum atomic E-state index is 4.18. The van der Waals surface area contributed by atoms with Gasteiger partial charge in [-0.15, -0.1) is 20.4 Å². The minimum Gasteiger partial charge on any atom is -0.256 e. The number of rotatable bonds is 0. The normalized spacial score (nSPS) is 9.25. The number of benzene rings is 1. The Morgan fingerprint density at radius 2 is 1.31 bits per heavy atom. The van der Waals surface area contributed by atoms with E-state index >= 15 is 0 Å². The Kier molecular flexibility index (Phi) is 3.44. The molecule has 0 amide bonds. The Morgan fingerprint density at radius 1 is 0.688 bits per heavy atom. The van der Waals surface area contributed by atoms with Crippen LogP contribution in [0.2, 0.25) is 0 Å². The summed E-state index contributed by atoms with van der Waals surface area (Å²) in [7, 11) is 0. The van der Waals surface area contributed by atoms with E-state index in [4.69, 9.17) is 0 Å². The Balaban J connectivity index is 0.000000138. The van der Waals surface area contributed by atoms with Gasteiger partial charge in [0.25, 0.3) is 0 Å². The van der Waals surface area contributed by atoms with Crippen LogP contribution in [0, 0.1) is 0 Å². The molecule has 0 aliphatic carbocycles. The van der Waals surface area contributed by atoms with E-state index in [9.17, 15) is 0 Å². The molecule has 0 saturated heterocycles. The molecule has 1 aromatic carbocycles. The van der Waals surface area contributed by atoms with Gasteiger partial charge >= 0.3 is 0 Å². The van der Waals surface area contributed by atoms with Crippen LogP contribution in [0.5, 0.6) is 0 Å². The fourth-order valence-electron chi connectivity index (χ4n) is 1.18. The molecule has 78 valence electrons. The zero-order chi connectivity index (χ0) is 11.1. The third kappa shape index (κ3) is 2.78. The van der Waals surface area contributed by atoms with Crippen LogP contribution in [0.4, 0.5) is 0 Å². The van der Waals surface area contributed by atoms with Gasteiger partial charge in [-0.2, -0.15) is 0 Å². The molecule has 3 aromatic rings. The van der Waals surface area contributed by atoms with E-state index in [1.807, 2.05) is 30.5 Å². The summed E-state index contributed by atoms with van der Waals surface area (Å²) in [4.78, 5) is 4.18. The largest absolute Gasteiger partial charge is 0.256 e. The van der Waals surface area contributed by atoms with Crippen molar-refractivity contribution in [1.82, 2.24) is 25.4 Å². The topological polar surface area (TPSA) is 64.5 Å². The molecule has 2 aromatic heterocycles. The molecule has 0 N–H and O–H groups in total. The molecule has 0 radical (unpaired) electrons. The van der Waals surface area contributed by atoms with E-state index in [0.29, 0.717) is 0 Å². The van der Waals surface area contributed by atoms with E-state index in [1.165, 1.54) is 18.0 Å². The van der Waals surface area contributed by atoms with Crippen LogP contribution in [0.15, 0.2) is 55.2 Å². The number of hydrogen-bond acceptors (Lipinski definition) is 5. The summed E-state index contributed by atoms with van der Waals surface area (Å²) in [6, 6.07) is 12.1. The van der Waals surface area contributed by atoms with E-state index in [1.54, 1.807) is 0 Å². The summed E-state index contributed by atoms with van der Waals surface area (Å²) in [5.74, 6) is 0. The van der Waals surface area contributed by atoms with Gasteiger partial charge in [-0.3, -0.25) is 4.98 Å². The second-order valence-electron chi connectivity index (χ2n) is 2.89. The Hall–Kier alpha value is -2.43. The van der Waals surface area contributed by atoms with E-state index in [0.717, 1.165) is 5.52 Å². The molecular weight excluding hydrogens is 202 g/mol. The summed E-state index contributed by atoms with van der Waals surface area (Å²) in [6.45, 7) is 0. The molecule has 0 aliphatic heterocycles. The molecule has 0 aliphatic rings. The van der Waals surface area contributed by atoms with Gasteiger partial charge < -0.3 is 0 Å². The van der Waals surface area contributed by atoms with Crippen LogP contribution in [-0.4, -0.2) is 25.4 Å². The molecule has 0 fully saturated rings. The summed E-state index contributed by atoms with van der Waals surface area (Å²) in [5.41, 5.74) is 1.06. The molecule has 0 spiro atoms. The first kappa shape index (κ1) is 10.1. The van der Waals surface area contributed by atoms with E-state index in [-0.39, 0.29) is 0 Å². The second kappa shape index (κ2) is 5.45. The molecule has 3 rings (SSSR count). The van der Waals surface area contributed by atoms with Gasteiger partial charge in [-0.25, -0.2) is 0 Å². The van der Waals surface area contributed by atoms with Gasteiger partial charge in [-0.1, -0.05) is 24.3 Å². The van der Waals surface area contributed by atoms with Crippen molar-refractivity contribution >= 4 is 10.9 Å². The van der Waals surface area contributed by atoms with Crippen molar-refractivity contribution in [1.29, 1.82) is 0 Å². The fraction of sp³-hybridized carbons (Fsp3) is 0. The van der Waals surface area contributed by atoms with Gasteiger partial charge in [0.05, 0.1) is 5.52 Å². The third-order valence-electron chi connectivity index (χ3n) is 1.85. The molecule has 0 saturated carbocycles. The smallest absolute Gasteiger partial charge is 0.160 e. The first-order valence-electron chi connectivity index (χ1n) is 4.70. The van der Waals surface area contributed by atoms with Crippen molar-refractivity contribution in [3.05, 3.63) is 55.2 Å². The van der Waals surface area contributed by atoms with Crippen LogP contribution < -0.4 is 0 Å². The predicted octanol–water partition coefficient (Wildman–Crippen LogP) is 1.50. The summed E-state index contributed by atoms with van der Waals surface area (Å²) < 4.78 is 0. The summed E-state index contributed by atoms with van der Waals surface area (Å²) >= 11 is 0. The Morgan fingerprint density at radius 3 is 1.94 bits per heavy atom. The summed E-state index contributed by atoms with van der Waals surface area (Å²) in [5, 5.41) is 14.6. The Labute approximate surface area is 92.2 Å². The SMILES string of the molecule is c1ccc2ncccc2c1.c1nncnn1. The highest BCUT2D eigenvalue weighted by atomic mass is 15.2. The fourth-order valence-corrected chi connectivity index (χ4v) is 1.18. The van der Waals surface area contributed by atoms with Crippen molar-refractivity contribution < 1.29 is 0 Å². The molecule has 0 bridgehead atoms. The maximum absolute atomic E-state index is 4.18. The zero-order valence-electron chi connectivity index (χ0n) is 8.43. The summed E-state index contributed by atoms with van der Waals surface area (Å²) in [6.07, 6.45) is 4.36. The number of hydrogen-bond donors (Lipinski definition) is 0. The number of aromatic nitrogens is 5. The van der Waals surface area contributed by atoms with E-state index in [2.05, 4.69) is 37.5 Å². The first-order valence-corrected chi connectivity index (χ1v) is 4.70. The number of nitrogens with zero attached hydrogens (tertiary/aromatic N) is 5. The van der Waals surface area contributed by atoms with Crippen molar-refractivity contribution in [2.24, 2.45) is 0 Å². The highest BCUT2D eigenvalue weighted by molar-refractivity contribution is 5.77. The van der Waals surface area contributed by atoms with Crippen molar-refractivity contribution in [2.75, 3.05) is 0 Å². The van der Waals surface area contributed by atoms with Gasteiger partial charge in [-0.05, 0) is 12.1 Å². The highest BCUT2D eigenvalue weighted by Crippen LogP contribution is 2.07.